The summed E-state index contributed by atoms with van der Waals surface area (Å²) in [5.41, 5.74) is 1.54. The van der Waals surface area contributed by atoms with Crippen molar-refractivity contribution < 1.29 is 9.59 Å². The van der Waals surface area contributed by atoms with Crippen LogP contribution in [0.15, 0.2) is 54.6 Å². The number of likely N-dealkylation sites (tertiary alicyclic amines) is 1. The lowest BCUT2D eigenvalue weighted by Gasteiger charge is -2.51. The lowest BCUT2D eigenvalue weighted by Crippen LogP contribution is -2.73. The molecule has 0 bridgehead atoms. The number of nitrogens with one attached hydrogen (secondary N) is 1. The van der Waals surface area contributed by atoms with E-state index in [9.17, 15) is 9.59 Å². The van der Waals surface area contributed by atoms with Crippen LogP contribution in [0.2, 0.25) is 5.02 Å². The molecule has 31 heavy (non-hydrogen) atoms. The molecule has 2 fully saturated rings. The first-order valence-corrected chi connectivity index (χ1v) is 11.5. The van der Waals surface area contributed by atoms with Gasteiger partial charge < -0.3 is 10.2 Å². The highest BCUT2D eigenvalue weighted by atomic mass is 35.5. The number of amides is 2. The molecule has 6 heteroatoms. The first-order chi connectivity index (χ1) is 15.0. The highest BCUT2D eigenvalue weighted by Gasteiger charge is 2.53. The van der Waals surface area contributed by atoms with Gasteiger partial charge in [0.1, 0.15) is 11.6 Å². The zero-order chi connectivity index (χ0) is 21.8. The Balaban J connectivity index is 1.46. The average Bonchev–Trinajstić information content (AvgIpc) is 2.79. The number of hydrogen-bond acceptors (Lipinski definition) is 3. The lowest BCUT2D eigenvalue weighted by atomic mass is 9.81. The summed E-state index contributed by atoms with van der Waals surface area (Å²) in [6, 6.07) is 17.3. The van der Waals surface area contributed by atoms with Gasteiger partial charge in [-0.25, -0.2) is 0 Å². The second kappa shape index (κ2) is 9.41. The molecule has 0 aromatic heterocycles. The van der Waals surface area contributed by atoms with Crippen LogP contribution in [0.1, 0.15) is 37.3 Å². The Labute approximate surface area is 189 Å². The first kappa shape index (κ1) is 21.8. The summed E-state index contributed by atoms with van der Waals surface area (Å²) in [7, 11) is 0. The summed E-state index contributed by atoms with van der Waals surface area (Å²) in [6.45, 7) is 5.08. The predicted octanol–water partition coefficient (Wildman–Crippen LogP) is 3.65. The van der Waals surface area contributed by atoms with Crippen molar-refractivity contribution in [3.63, 3.8) is 0 Å². The number of carbonyl (C=O) groups is 2. The molecule has 5 nitrogen and oxygen atoms in total. The van der Waals surface area contributed by atoms with Crippen LogP contribution in [0.4, 0.5) is 0 Å². The smallest absolute Gasteiger partial charge is 0.246 e. The number of halogens is 1. The predicted molar refractivity (Wildman–Crippen MR) is 123 cm³/mol. The van der Waals surface area contributed by atoms with Crippen molar-refractivity contribution in [3.05, 3.63) is 70.7 Å². The van der Waals surface area contributed by atoms with E-state index < -0.39 is 11.6 Å². The zero-order valence-electron chi connectivity index (χ0n) is 18.0. The molecular formula is C25H30ClN3O2. The molecule has 2 amide bonds. The Bertz CT molecular complexity index is 908. The van der Waals surface area contributed by atoms with Crippen molar-refractivity contribution >= 4 is 23.4 Å². The fourth-order valence-electron chi connectivity index (χ4n) is 4.84. The van der Waals surface area contributed by atoms with Crippen molar-refractivity contribution in [1.82, 2.24) is 15.1 Å². The van der Waals surface area contributed by atoms with Gasteiger partial charge in [-0.3, -0.25) is 14.5 Å². The van der Waals surface area contributed by atoms with Crippen LogP contribution in [0.3, 0.4) is 0 Å². The molecule has 2 aliphatic heterocycles. The van der Waals surface area contributed by atoms with Crippen LogP contribution in [-0.4, -0.2) is 52.8 Å². The minimum atomic E-state index is -0.725. The van der Waals surface area contributed by atoms with Crippen LogP contribution < -0.4 is 5.32 Å². The molecular weight excluding hydrogens is 410 g/mol. The molecule has 1 spiro atoms. The normalized spacial score (nSPS) is 21.4. The fourth-order valence-corrected chi connectivity index (χ4v) is 4.96. The van der Waals surface area contributed by atoms with Crippen molar-refractivity contribution in [2.24, 2.45) is 0 Å². The van der Waals surface area contributed by atoms with Gasteiger partial charge in [-0.2, -0.15) is 0 Å². The van der Waals surface area contributed by atoms with E-state index in [0.717, 1.165) is 36.6 Å². The summed E-state index contributed by atoms with van der Waals surface area (Å²) >= 11 is 5.99. The molecule has 0 unspecified atom stereocenters. The Hall–Kier alpha value is -2.37. The molecule has 164 valence electrons. The third kappa shape index (κ3) is 4.63. The van der Waals surface area contributed by atoms with Crippen molar-refractivity contribution in [1.29, 1.82) is 0 Å². The second-order valence-electron chi connectivity index (χ2n) is 8.64. The Morgan fingerprint density at radius 2 is 1.68 bits per heavy atom. The van der Waals surface area contributed by atoms with Gasteiger partial charge in [0.25, 0.3) is 0 Å². The third-order valence-electron chi connectivity index (χ3n) is 6.54. The molecule has 4 rings (SSSR count). The number of carbonyl (C=O) groups excluding carboxylic acids is 2. The summed E-state index contributed by atoms with van der Waals surface area (Å²) in [6.07, 6.45) is 2.70. The maximum absolute atomic E-state index is 13.4. The molecule has 0 saturated carbocycles. The van der Waals surface area contributed by atoms with E-state index in [1.54, 1.807) is 0 Å². The van der Waals surface area contributed by atoms with Crippen molar-refractivity contribution in [3.8, 4) is 0 Å². The van der Waals surface area contributed by atoms with Gasteiger partial charge in [-0.05, 0) is 42.5 Å². The maximum atomic E-state index is 13.4. The summed E-state index contributed by atoms with van der Waals surface area (Å²) in [4.78, 5) is 31.0. The minimum absolute atomic E-state index is 0.00706. The summed E-state index contributed by atoms with van der Waals surface area (Å²) < 4.78 is 0. The minimum Gasteiger partial charge on any atom is -0.342 e. The number of rotatable bonds is 6. The standard InChI is InChI=1S/C25H30ClN3O2/c1-2-14-29-23(30)22(17-19-6-4-3-5-7-19)27-24(31)25(29)12-15-28(16-13-25)18-20-8-10-21(26)11-9-20/h3-11,22H,2,12-18H2,1H3,(H,27,31)/t22-/m1/s1. The molecule has 2 aromatic rings. The van der Waals surface area contributed by atoms with Gasteiger partial charge in [-0.1, -0.05) is 61.0 Å². The molecule has 0 radical (unpaired) electrons. The van der Waals surface area contributed by atoms with Crippen molar-refractivity contribution in [2.75, 3.05) is 19.6 Å². The number of benzene rings is 2. The van der Waals surface area contributed by atoms with E-state index in [-0.39, 0.29) is 11.8 Å². The van der Waals surface area contributed by atoms with Gasteiger partial charge >= 0.3 is 0 Å². The van der Waals surface area contributed by atoms with E-state index in [1.165, 1.54) is 5.56 Å². The van der Waals surface area contributed by atoms with E-state index in [2.05, 4.69) is 17.1 Å². The molecule has 2 saturated heterocycles. The largest absolute Gasteiger partial charge is 0.342 e. The fraction of sp³-hybridized carbons (Fsp3) is 0.440. The van der Waals surface area contributed by atoms with Gasteiger partial charge in [-0.15, -0.1) is 0 Å². The van der Waals surface area contributed by atoms with Crippen molar-refractivity contribution in [2.45, 2.75) is 50.7 Å². The van der Waals surface area contributed by atoms with Crippen LogP contribution in [-0.2, 0) is 22.6 Å². The van der Waals surface area contributed by atoms with Gasteiger partial charge in [0.2, 0.25) is 11.8 Å². The molecule has 2 aromatic carbocycles. The average molecular weight is 440 g/mol. The lowest BCUT2D eigenvalue weighted by molar-refractivity contribution is -0.161. The molecule has 2 heterocycles. The SMILES string of the molecule is CCCN1C(=O)[C@@H](Cc2ccccc2)NC(=O)C12CCN(Cc1ccc(Cl)cc1)CC2. The van der Waals surface area contributed by atoms with Crippen LogP contribution in [0, 0.1) is 0 Å². The van der Waals surface area contributed by atoms with Gasteiger partial charge in [0, 0.05) is 37.6 Å². The van der Waals surface area contributed by atoms with E-state index in [1.807, 2.05) is 59.5 Å². The Kier molecular flexibility index (Phi) is 6.63. The molecule has 0 aliphatic carbocycles. The number of hydrogen-bond donors (Lipinski definition) is 1. The number of nitrogens with zero attached hydrogens (tertiary/aromatic N) is 2. The highest BCUT2D eigenvalue weighted by Crippen LogP contribution is 2.34. The van der Waals surface area contributed by atoms with Crippen LogP contribution in [0.25, 0.3) is 0 Å². The zero-order valence-corrected chi connectivity index (χ0v) is 18.8. The van der Waals surface area contributed by atoms with Crippen LogP contribution >= 0.6 is 11.6 Å². The Morgan fingerprint density at radius 3 is 2.32 bits per heavy atom. The summed E-state index contributed by atoms with van der Waals surface area (Å²) in [5, 5.41) is 3.81. The molecule has 1 atom stereocenters. The molecule has 2 aliphatic rings. The first-order valence-electron chi connectivity index (χ1n) is 11.1. The van der Waals surface area contributed by atoms with E-state index in [0.29, 0.717) is 25.8 Å². The quantitative estimate of drug-likeness (QED) is 0.747. The maximum Gasteiger partial charge on any atom is 0.246 e. The van der Waals surface area contributed by atoms with Gasteiger partial charge in [0.15, 0.2) is 0 Å². The number of piperidine rings is 1. The highest BCUT2D eigenvalue weighted by molar-refractivity contribution is 6.30. The summed E-state index contributed by atoms with van der Waals surface area (Å²) in [5.74, 6) is 0.0593. The van der Waals surface area contributed by atoms with Crippen LogP contribution in [0.5, 0.6) is 0 Å². The second-order valence-corrected chi connectivity index (χ2v) is 9.08. The van der Waals surface area contributed by atoms with E-state index in [4.69, 9.17) is 11.6 Å². The third-order valence-corrected chi connectivity index (χ3v) is 6.79. The number of piperazine rings is 1. The van der Waals surface area contributed by atoms with E-state index >= 15 is 0 Å². The monoisotopic (exact) mass is 439 g/mol. The Morgan fingerprint density at radius 1 is 1.00 bits per heavy atom. The molecule has 1 N–H and O–H groups in total. The topological polar surface area (TPSA) is 52.7 Å². The van der Waals surface area contributed by atoms with Gasteiger partial charge in [0.05, 0.1) is 0 Å².